The Morgan fingerprint density at radius 1 is 1.03 bits per heavy atom. The predicted molar refractivity (Wildman–Crippen MR) is 138 cm³/mol. The summed E-state index contributed by atoms with van der Waals surface area (Å²) in [5.74, 6) is 1.46. The Kier molecular flexibility index (Phi) is 5.45. The summed E-state index contributed by atoms with van der Waals surface area (Å²) >= 11 is 0. The molecule has 0 saturated carbocycles. The lowest BCUT2D eigenvalue weighted by atomic mass is 9.83. The number of likely N-dealkylation sites (tertiary alicyclic amines) is 1. The van der Waals surface area contributed by atoms with Gasteiger partial charge in [0.15, 0.2) is 0 Å². The molecule has 0 spiro atoms. The molecule has 7 heteroatoms. The van der Waals surface area contributed by atoms with Gasteiger partial charge in [-0.3, -0.25) is 9.69 Å². The zero-order chi connectivity index (χ0) is 25.0. The largest absolute Gasteiger partial charge is 0.507 e. The second kappa shape index (κ2) is 8.68. The molecular formula is C29H28N2O5. The first-order valence-corrected chi connectivity index (χ1v) is 12.3. The molecule has 1 fully saturated rings. The highest BCUT2D eigenvalue weighted by molar-refractivity contribution is 5.89. The normalized spacial score (nSPS) is 19.3. The second-order valence-corrected chi connectivity index (χ2v) is 9.95. The quantitative estimate of drug-likeness (QED) is 0.436. The lowest BCUT2D eigenvalue weighted by Gasteiger charge is -2.42. The summed E-state index contributed by atoms with van der Waals surface area (Å²) in [6.45, 7) is 4.70. The zero-order valence-electron chi connectivity index (χ0n) is 20.4. The number of hydrogen-bond acceptors (Lipinski definition) is 6. The van der Waals surface area contributed by atoms with Gasteiger partial charge in [0.05, 0.1) is 18.2 Å². The van der Waals surface area contributed by atoms with Crippen molar-refractivity contribution in [1.82, 2.24) is 9.47 Å². The number of piperidine rings is 1. The minimum Gasteiger partial charge on any atom is -0.507 e. The molecule has 0 radical (unpaired) electrons. The fourth-order valence-corrected chi connectivity index (χ4v) is 6.05. The topological polar surface area (TPSA) is 84.9 Å². The van der Waals surface area contributed by atoms with Crippen LogP contribution in [-0.2, 0) is 13.1 Å². The van der Waals surface area contributed by atoms with Crippen LogP contribution >= 0.6 is 0 Å². The van der Waals surface area contributed by atoms with E-state index in [2.05, 4.69) is 4.90 Å². The van der Waals surface area contributed by atoms with Crippen molar-refractivity contribution in [3.8, 4) is 22.6 Å². The highest BCUT2D eigenvalue weighted by atomic mass is 16.5. The number of pyridine rings is 1. The van der Waals surface area contributed by atoms with Crippen LogP contribution in [0.4, 0.5) is 0 Å². The Bertz CT molecular complexity index is 1580. The van der Waals surface area contributed by atoms with Crippen molar-refractivity contribution in [2.24, 2.45) is 5.92 Å². The Labute approximate surface area is 208 Å². The number of rotatable bonds is 4. The fourth-order valence-electron chi connectivity index (χ4n) is 6.05. The number of aromatic nitrogens is 1. The molecular weight excluding hydrogens is 456 g/mol. The van der Waals surface area contributed by atoms with Crippen molar-refractivity contribution in [2.75, 3.05) is 20.2 Å². The Balaban J connectivity index is 1.37. The van der Waals surface area contributed by atoms with E-state index in [0.717, 1.165) is 41.7 Å². The molecule has 4 heterocycles. The summed E-state index contributed by atoms with van der Waals surface area (Å²) in [7, 11) is 1.60. The van der Waals surface area contributed by atoms with E-state index < -0.39 is 5.63 Å². The first kappa shape index (κ1) is 22.6. The number of phenols is 1. The summed E-state index contributed by atoms with van der Waals surface area (Å²) in [5, 5.41) is 11.6. The molecule has 6 rings (SSSR count). The van der Waals surface area contributed by atoms with Crippen LogP contribution in [0.1, 0.15) is 29.2 Å². The molecule has 1 saturated heterocycles. The molecule has 2 aromatic carbocycles. The fraction of sp³-hybridized carbons (Fsp3) is 0.310. The molecule has 2 bridgehead atoms. The molecule has 2 aromatic heterocycles. The number of fused-ring (bicyclic) bond motifs is 5. The molecule has 7 nitrogen and oxygen atoms in total. The van der Waals surface area contributed by atoms with Crippen LogP contribution in [0.2, 0.25) is 0 Å². The van der Waals surface area contributed by atoms with E-state index in [-0.39, 0.29) is 17.2 Å². The van der Waals surface area contributed by atoms with Crippen LogP contribution in [0.15, 0.2) is 68.6 Å². The van der Waals surface area contributed by atoms with Gasteiger partial charge in [-0.1, -0.05) is 18.2 Å². The van der Waals surface area contributed by atoms with Crippen LogP contribution in [0.25, 0.3) is 22.1 Å². The smallest absolute Gasteiger partial charge is 0.344 e. The standard InChI is InChI=1S/C29H28N2O5/c1-17-22-10-11-25(32)23(28(22)36-29(34)27(17)19-6-8-21(35-2)9-7-19)16-30-13-18-12-20(15-30)24-4-3-5-26(33)31(24)14-18/h3-11,18,20,32H,12-16H2,1-2H3/t18-,20+/m0/s1. The van der Waals surface area contributed by atoms with E-state index in [9.17, 15) is 14.7 Å². The van der Waals surface area contributed by atoms with E-state index in [1.807, 2.05) is 54.0 Å². The third kappa shape index (κ3) is 3.71. The van der Waals surface area contributed by atoms with E-state index in [0.29, 0.717) is 41.5 Å². The third-order valence-corrected chi connectivity index (χ3v) is 7.73. The minimum absolute atomic E-state index is 0.0623. The molecule has 4 aromatic rings. The Morgan fingerprint density at radius 3 is 2.61 bits per heavy atom. The number of methoxy groups -OCH3 is 1. The number of aromatic hydroxyl groups is 1. The molecule has 0 unspecified atom stereocenters. The number of hydrogen-bond donors (Lipinski definition) is 1. The Morgan fingerprint density at radius 2 is 1.83 bits per heavy atom. The highest BCUT2D eigenvalue weighted by Crippen LogP contribution is 2.38. The molecule has 2 aliphatic heterocycles. The molecule has 1 N–H and O–H groups in total. The van der Waals surface area contributed by atoms with Crippen molar-refractivity contribution < 1.29 is 14.3 Å². The lowest BCUT2D eigenvalue weighted by molar-refractivity contribution is 0.113. The summed E-state index contributed by atoms with van der Waals surface area (Å²) in [5.41, 5.74) is 3.86. The number of ether oxygens (including phenoxy) is 1. The van der Waals surface area contributed by atoms with Crippen LogP contribution in [0, 0.1) is 12.8 Å². The van der Waals surface area contributed by atoms with Crippen LogP contribution in [0.3, 0.4) is 0 Å². The lowest BCUT2D eigenvalue weighted by Crippen LogP contribution is -2.46. The van der Waals surface area contributed by atoms with Crippen molar-refractivity contribution in [3.63, 3.8) is 0 Å². The minimum atomic E-state index is -0.430. The van der Waals surface area contributed by atoms with Gasteiger partial charge in [-0.05, 0) is 60.7 Å². The third-order valence-electron chi connectivity index (χ3n) is 7.73. The van der Waals surface area contributed by atoms with Crippen LogP contribution < -0.4 is 15.9 Å². The van der Waals surface area contributed by atoms with Gasteiger partial charge in [-0.2, -0.15) is 0 Å². The number of nitrogens with zero attached hydrogens (tertiary/aromatic N) is 2. The maximum Gasteiger partial charge on any atom is 0.344 e. The van der Waals surface area contributed by atoms with E-state index in [4.69, 9.17) is 9.15 Å². The average Bonchev–Trinajstić information content (AvgIpc) is 2.87. The van der Waals surface area contributed by atoms with E-state index in [1.54, 1.807) is 19.2 Å². The van der Waals surface area contributed by atoms with Crippen LogP contribution in [-0.4, -0.2) is 34.8 Å². The summed E-state index contributed by atoms with van der Waals surface area (Å²) in [6, 6.07) is 16.3. The average molecular weight is 485 g/mol. The second-order valence-electron chi connectivity index (χ2n) is 9.95. The zero-order valence-corrected chi connectivity index (χ0v) is 20.4. The van der Waals surface area contributed by atoms with Crippen molar-refractivity contribution in [3.05, 3.63) is 92.2 Å². The van der Waals surface area contributed by atoms with Gasteiger partial charge in [-0.25, -0.2) is 4.79 Å². The molecule has 2 aliphatic rings. The van der Waals surface area contributed by atoms with Gasteiger partial charge in [0.1, 0.15) is 17.1 Å². The van der Waals surface area contributed by atoms with Crippen LogP contribution in [0.5, 0.6) is 11.5 Å². The Hall–Kier alpha value is -3.84. The summed E-state index contributed by atoms with van der Waals surface area (Å²) in [4.78, 5) is 27.8. The van der Waals surface area contributed by atoms with E-state index >= 15 is 0 Å². The van der Waals surface area contributed by atoms with Gasteiger partial charge in [0.2, 0.25) is 0 Å². The maximum absolute atomic E-state index is 13.2. The molecule has 184 valence electrons. The van der Waals surface area contributed by atoms with Gasteiger partial charge >= 0.3 is 5.63 Å². The number of phenolic OH excluding ortho intramolecular Hbond substituents is 1. The molecule has 36 heavy (non-hydrogen) atoms. The highest BCUT2D eigenvalue weighted by Gasteiger charge is 2.35. The molecule has 2 atom stereocenters. The monoisotopic (exact) mass is 484 g/mol. The predicted octanol–water partition coefficient (Wildman–Crippen LogP) is 4.26. The van der Waals surface area contributed by atoms with E-state index in [1.165, 1.54) is 0 Å². The first-order valence-electron chi connectivity index (χ1n) is 12.3. The summed E-state index contributed by atoms with van der Waals surface area (Å²) in [6.07, 6.45) is 1.06. The first-order chi connectivity index (χ1) is 17.4. The molecule has 0 amide bonds. The maximum atomic E-state index is 13.2. The van der Waals surface area contributed by atoms with Crippen molar-refractivity contribution in [2.45, 2.75) is 32.4 Å². The van der Waals surface area contributed by atoms with Gasteiger partial charge in [0.25, 0.3) is 5.56 Å². The number of aryl methyl sites for hydroxylation is 1. The van der Waals surface area contributed by atoms with Gasteiger partial charge < -0.3 is 18.8 Å². The van der Waals surface area contributed by atoms with Crippen molar-refractivity contribution in [1.29, 1.82) is 0 Å². The molecule has 0 aliphatic carbocycles. The van der Waals surface area contributed by atoms with Crippen molar-refractivity contribution >= 4 is 11.0 Å². The van der Waals surface area contributed by atoms with Gasteiger partial charge in [-0.15, -0.1) is 0 Å². The SMILES string of the molecule is COc1ccc(-c2c(C)c3ccc(O)c(CN4C[C@@H]5C[C@H](C4)c4cccc(=O)n4C5)c3oc2=O)cc1. The summed E-state index contributed by atoms with van der Waals surface area (Å²) < 4.78 is 13.0. The number of benzene rings is 2. The van der Waals surface area contributed by atoms with Gasteiger partial charge in [0, 0.05) is 49.2 Å².